The molecule has 0 amide bonds. The van der Waals surface area contributed by atoms with Crippen LogP contribution in [-0.2, 0) is 6.42 Å². The summed E-state index contributed by atoms with van der Waals surface area (Å²) in [5, 5.41) is 0. The minimum atomic E-state index is 0.664. The van der Waals surface area contributed by atoms with E-state index < -0.39 is 0 Å². The molecule has 1 aromatic carbocycles. The van der Waals surface area contributed by atoms with Gasteiger partial charge in [0.25, 0.3) is 0 Å². The van der Waals surface area contributed by atoms with Crippen molar-refractivity contribution in [1.82, 2.24) is 9.97 Å². The van der Waals surface area contributed by atoms with Gasteiger partial charge in [0.15, 0.2) is 0 Å². The van der Waals surface area contributed by atoms with Crippen LogP contribution in [0.25, 0.3) is 11.3 Å². The maximum Gasteiger partial charge on any atom is 0.122 e. The van der Waals surface area contributed by atoms with Gasteiger partial charge in [0.2, 0.25) is 0 Å². The first kappa shape index (κ1) is 12.0. The largest absolute Gasteiger partial charge is 0.344 e. The predicted molar refractivity (Wildman–Crippen MR) is 73.4 cm³/mol. The number of benzene rings is 1. The van der Waals surface area contributed by atoms with E-state index in [4.69, 9.17) is 12.2 Å². The third-order valence-electron chi connectivity index (χ3n) is 2.54. The molecule has 0 saturated carbocycles. The summed E-state index contributed by atoms with van der Waals surface area (Å²) in [6.07, 6.45) is 4.55. The quantitative estimate of drug-likeness (QED) is 0.827. The Hall–Kier alpha value is -1.48. The Morgan fingerprint density at radius 2 is 2.12 bits per heavy atom. The van der Waals surface area contributed by atoms with Crippen LogP contribution >= 0.6 is 12.2 Å². The van der Waals surface area contributed by atoms with Crippen molar-refractivity contribution in [3.05, 3.63) is 46.9 Å². The fourth-order valence-electron chi connectivity index (χ4n) is 1.86. The summed E-state index contributed by atoms with van der Waals surface area (Å²) >= 11 is 5.08. The molecule has 0 aliphatic heterocycles. The van der Waals surface area contributed by atoms with Crippen LogP contribution in [-0.4, -0.2) is 9.97 Å². The lowest BCUT2D eigenvalue weighted by Crippen LogP contribution is -1.94. The van der Waals surface area contributed by atoms with E-state index in [9.17, 15) is 0 Å². The summed E-state index contributed by atoms with van der Waals surface area (Å²) in [6.45, 7) is 4.45. The standard InChI is InChI=1S/C14H16N2S/c1-10(2)6-11-4-3-5-12(7-11)13-8-15-9-14(17)16-13/h3-5,7-10H,6H2,1-2H3,(H,16,17). The molecule has 0 aliphatic rings. The lowest BCUT2D eigenvalue weighted by Gasteiger charge is -2.07. The Balaban J connectivity index is 2.36. The first-order valence-corrected chi connectivity index (χ1v) is 6.19. The van der Waals surface area contributed by atoms with Crippen molar-refractivity contribution in [2.75, 3.05) is 0 Å². The molecule has 0 saturated heterocycles. The molecule has 0 radical (unpaired) electrons. The highest BCUT2D eigenvalue weighted by Crippen LogP contribution is 2.18. The summed E-state index contributed by atoms with van der Waals surface area (Å²) < 4.78 is 0.664. The smallest absolute Gasteiger partial charge is 0.122 e. The highest BCUT2D eigenvalue weighted by molar-refractivity contribution is 7.71. The van der Waals surface area contributed by atoms with Gasteiger partial charge in [-0.15, -0.1) is 0 Å². The molecule has 0 aliphatic carbocycles. The summed E-state index contributed by atoms with van der Waals surface area (Å²) in [6, 6.07) is 8.51. The number of rotatable bonds is 3. The molecule has 0 bridgehead atoms. The van der Waals surface area contributed by atoms with Gasteiger partial charge in [-0.3, -0.25) is 4.98 Å². The van der Waals surface area contributed by atoms with E-state index in [0.29, 0.717) is 10.6 Å². The van der Waals surface area contributed by atoms with Crippen LogP contribution in [0.5, 0.6) is 0 Å². The number of H-pyrrole nitrogens is 1. The third kappa shape index (κ3) is 3.24. The molecule has 2 aromatic rings. The van der Waals surface area contributed by atoms with Crippen LogP contribution in [0.4, 0.5) is 0 Å². The van der Waals surface area contributed by atoms with Gasteiger partial charge >= 0.3 is 0 Å². The minimum Gasteiger partial charge on any atom is -0.344 e. The van der Waals surface area contributed by atoms with E-state index in [1.807, 2.05) is 6.20 Å². The SMILES string of the molecule is CC(C)Cc1cccc(-c2cncc(=S)[nH]2)c1. The predicted octanol–water partition coefficient (Wildman–Crippen LogP) is 4.00. The van der Waals surface area contributed by atoms with Gasteiger partial charge in [-0.2, -0.15) is 0 Å². The number of nitrogens with zero attached hydrogens (tertiary/aromatic N) is 1. The number of hydrogen-bond donors (Lipinski definition) is 1. The molecule has 0 fully saturated rings. The molecule has 2 nitrogen and oxygen atoms in total. The molecule has 1 heterocycles. The van der Waals surface area contributed by atoms with Crippen LogP contribution in [0.3, 0.4) is 0 Å². The Morgan fingerprint density at radius 1 is 1.29 bits per heavy atom. The molecule has 1 N–H and O–H groups in total. The minimum absolute atomic E-state index is 0.664. The zero-order valence-corrected chi connectivity index (χ0v) is 10.9. The first-order chi connectivity index (χ1) is 8.15. The van der Waals surface area contributed by atoms with Crippen molar-refractivity contribution in [3.8, 4) is 11.3 Å². The Labute approximate surface area is 107 Å². The van der Waals surface area contributed by atoms with Crippen molar-refractivity contribution < 1.29 is 0 Å². The van der Waals surface area contributed by atoms with Gasteiger partial charge in [0.05, 0.1) is 18.1 Å². The zero-order valence-electron chi connectivity index (χ0n) is 10.1. The van der Waals surface area contributed by atoms with Gasteiger partial charge in [0, 0.05) is 0 Å². The molecule has 88 valence electrons. The topological polar surface area (TPSA) is 28.7 Å². The van der Waals surface area contributed by atoms with Crippen LogP contribution in [0.1, 0.15) is 19.4 Å². The van der Waals surface area contributed by atoms with Crippen molar-refractivity contribution >= 4 is 12.2 Å². The highest BCUT2D eigenvalue weighted by Gasteiger charge is 2.01. The van der Waals surface area contributed by atoms with Crippen LogP contribution < -0.4 is 0 Å². The average molecular weight is 244 g/mol. The van der Waals surface area contributed by atoms with Crippen LogP contribution in [0.15, 0.2) is 36.7 Å². The van der Waals surface area contributed by atoms with Crippen LogP contribution in [0, 0.1) is 10.6 Å². The zero-order chi connectivity index (χ0) is 12.3. The number of aromatic amines is 1. The van der Waals surface area contributed by atoms with E-state index in [1.165, 1.54) is 5.56 Å². The molecule has 17 heavy (non-hydrogen) atoms. The van der Waals surface area contributed by atoms with E-state index in [-0.39, 0.29) is 0 Å². The maximum atomic E-state index is 5.08. The number of aromatic nitrogens is 2. The fraction of sp³-hybridized carbons (Fsp3) is 0.286. The molecule has 1 aromatic heterocycles. The third-order valence-corrected chi connectivity index (χ3v) is 2.74. The highest BCUT2D eigenvalue weighted by atomic mass is 32.1. The molecule has 2 rings (SSSR count). The van der Waals surface area contributed by atoms with Crippen molar-refractivity contribution in [2.24, 2.45) is 5.92 Å². The van der Waals surface area contributed by atoms with E-state index >= 15 is 0 Å². The fourth-order valence-corrected chi connectivity index (χ4v) is 2.03. The van der Waals surface area contributed by atoms with Gasteiger partial charge < -0.3 is 4.98 Å². The maximum absolute atomic E-state index is 5.08. The normalized spacial score (nSPS) is 10.8. The lowest BCUT2D eigenvalue weighted by molar-refractivity contribution is 0.647. The summed E-state index contributed by atoms with van der Waals surface area (Å²) in [4.78, 5) is 7.27. The number of hydrogen-bond acceptors (Lipinski definition) is 2. The Kier molecular flexibility index (Phi) is 3.69. The molecular weight excluding hydrogens is 228 g/mol. The molecule has 0 unspecified atom stereocenters. The molecular formula is C14H16N2S. The van der Waals surface area contributed by atoms with E-state index in [2.05, 4.69) is 48.1 Å². The van der Waals surface area contributed by atoms with E-state index in [1.54, 1.807) is 6.20 Å². The van der Waals surface area contributed by atoms with Crippen molar-refractivity contribution in [1.29, 1.82) is 0 Å². The average Bonchev–Trinajstić information content (AvgIpc) is 2.28. The lowest BCUT2D eigenvalue weighted by atomic mass is 10.0. The molecule has 3 heteroatoms. The van der Waals surface area contributed by atoms with Gasteiger partial charge in [-0.25, -0.2) is 0 Å². The van der Waals surface area contributed by atoms with Gasteiger partial charge in [-0.1, -0.05) is 44.3 Å². The first-order valence-electron chi connectivity index (χ1n) is 5.79. The molecule has 0 atom stereocenters. The monoisotopic (exact) mass is 244 g/mol. The van der Waals surface area contributed by atoms with Crippen molar-refractivity contribution in [2.45, 2.75) is 20.3 Å². The van der Waals surface area contributed by atoms with Gasteiger partial charge in [-0.05, 0) is 29.5 Å². The van der Waals surface area contributed by atoms with Gasteiger partial charge in [0.1, 0.15) is 4.64 Å². The second-order valence-corrected chi connectivity index (χ2v) is 5.05. The number of nitrogens with one attached hydrogen (secondary N) is 1. The van der Waals surface area contributed by atoms with Crippen LogP contribution in [0.2, 0.25) is 0 Å². The van der Waals surface area contributed by atoms with Crippen molar-refractivity contribution in [3.63, 3.8) is 0 Å². The van der Waals surface area contributed by atoms with E-state index in [0.717, 1.165) is 17.7 Å². The Bertz CT molecular complexity index is 558. The summed E-state index contributed by atoms with van der Waals surface area (Å²) in [7, 11) is 0. The summed E-state index contributed by atoms with van der Waals surface area (Å²) in [5.41, 5.74) is 3.46. The Morgan fingerprint density at radius 3 is 2.82 bits per heavy atom. The second kappa shape index (κ2) is 5.23. The second-order valence-electron chi connectivity index (χ2n) is 4.61. The summed E-state index contributed by atoms with van der Waals surface area (Å²) in [5.74, 6) is 0.664. The molecule has 0 spiro atoms.